The number of aliphatic carboxylic acids is 1. The van der Waals surface area contributed by atoms with Gasteiger partial charge in [0.05, 0.1) is 12.6 Å². The molecule has 0 aliphatic carbocycles. The fourth-order valence-corrected chi connectivity index (χ4v) is 2.92. The highest BCUT2D eigenvalue weighted by Gasteiger charge is 2.30. The first-order chi connectivity index (χ1) is 16.3. The highest BCUT2D eigenvalue weighted by Crippen LogP contribution is 2.08. The molecule has 0 aliphatic rings. The molecular weight excluding hydrogens is 464 g/mol. The normalized spacial score (nSPS) is 14.2. The first-order valence-corrected chi connectivity index (χ1v) is 11.1. The van der Waals surface area contributed by atoms with Crippen LogP contribution in [0.2, 0.25) is 0 Å². The molecule has 4 atom stereocenters. The van der Waals surface area contributed by atoms with E-state index < -0.39 is 60.4 Å². The van der Waals surface area contributed by atoms with Crippen molar-refractivity contribution in [2.24, 2.45) is 33.8 Å². The predicted octanol–water partition coefficient (Wildman–Crippen LogP) is -3.79. The molecule has 0 aromatic heterocycles. The Bertz CT molecular complexity index is 771. The molecule has 200 valence electrons. The predicted molar refractivity (Wildman–Crippen MR) is 126 cm³/mol. The summed E-state index contributed by atoms with van der Waals surface area (Å²) < 4.78 is 0. The maximum atomic E-state index is 12.9. The number of carboxylic acids is 1. The Kier molecular flexibility index (Phi) is 14.6. The summed E-state index contributed by atoms with van der Waals surface area (Å²) in [4.78, 5) is 64.1. The van der Waals surface area contributed by atoms with E-state index in [-0.39, 0.29) is 44.1 Å². The molecule has 15 nitrogen and oxygen atoms in total. The number of carbonyl (C=O) groups excluding carboxylic acids is 4. The quantitative estimate of drug-likeness (QED) is 0.0531. The van der Waals surface area contributed by atoms with E-state index in [1.165, 1.54) is 0 Å². The van der Waals surface area contributed by atoms with Gasteiger partial charge in [-0.25, -0.2) is 4.79 Å². The SMILES string of the molecule is CC(C)C[C@H](NC(=O)[C@@H](N)CCCN=C(N)N)C(=O)N[C@@H](CCC(N)=O)C(=O)N[C@@H](CO)C(=O)O. The summed E-state index contributed by atoms with van der Waals surface area (Å²) in [7, 11) is 0. The largest absolute Gasteiger partial charge is 0.480 e. The van der Waals surface area contributed by atoms with E-state index in [9.17, 15) is 24.0 Å². The molecule has 0 heterocycles. The number of amides is 4. The number of hydrogen-bond acceptors (Lipinski definition) is 8. The van der Waals surface area contributed by atoms with Crippen molar-refractivity contribution in [3.63, 3.8) is 0 Å². The first kappa shape index (κ1) is 31.5. The molecule has 0 radical (unpaired) electrons. The van der Waals surface area contributed by atoms with Crippen molar-refractivity contribution in [1.82, 2.24) is 16.0 Å². The van der Waals surface area contributed by atoms with Crippen LogP contribution in [0, 0.1) is 5.92 Å². The van der Waals surface area contributed by atoms with Gasteiger partial charge in [0.2, 0.25) is 23.6 Å². The number of aliphatic hydroxyl groups is 1. The fraction of sp³-hybridized carbons (Fsp3) is 0.700. The Morgan fingerprint density at radius 3 is 1.89 bits per heavy atom. The number of aliphatic hydroxyl groups excluding tert-OH is 1. The van der Waals surface area contributed by atoms with Gasteiger partial charge in [0.1, 0.15) is 18.1 Å². The molecular formula is C20H38N8O7. The van der Waals surface area contributed by atoms with E-state index in [1.807, 2.05) is 13.8 Å². The number of aliphatic imine (C=N–C) groups is 1. The van der Waals surface area contributed by atoms with Crippen LogP contribution < -0.4 is 38.9 Å². The van der Waals surface area contributed by atoms with E-state index in [0.29, 0.717) is 6.42 Å². The second-order valence-corrected chi connectivity index (χ2v) is 8.39. The summed E-state index contributed by atoms with van der Waals surface area (Å²) in [6.45, 7) is 3.03. The Morgan fingerprint density at radius 1 is 0.857 bits per heavy atom. The molecule has 13 N–H and O–H groups in total. The van der Waals surface area contributed by atoms with Gasteiger partial charge in [-0.3, -0.25) is 24.2 Å². The molecule has 0 aliphatic heterocycles. The molecule has 0 rings (SSSR count). The third-order valence-corrected chi connectivity index (χ3v) is 4.75. The number of rotatable bonds is 17. The maximum Gasteiger partial charge on any atom is 0.328 e. The molecule has 0 bridgehead atoms. The minimum atomic E-state index is -1.61. The van der Waals surface area contributed by atoms with Gasteiger partial charge >= 0.3 is 5.97 Å². The van der Waals surface area contributed by atoms with Crippen LogP contribution in [0.4, 0.5) is 0 Å². The summed E-state index contributed by atoms with van der Waals surface area (Å²) >= 11 is 0. The molecule has 0 aromatic rings. The number of hydrogen-bond donors (Lipinski definition) is 9. The van der Waals surface area contributed by atoms with Gasteiger partial charge in [-0.2, -0.15) is 0 Å². The average molecular weight is 503 g/mol. The van der Waals surface area contributed by atoms with Crippen LogP contribution in [0.3, 0.4) is 0 Å². The number of carboxylic acid groups (broad SMARTS) is 1. The van der Waals surface area contributed by atoms with Gasteiger partial charge in [0.25, 0.3) is 0 Å². The van der Waals surface area contributed by atoms with Crippen molar-refractivity contribution in [1.29, 1.82) is 0 Å². The Hall–Kier alpha value is -3.46. The van der Waals surface area contributed by atoms with E-state index in [1.54, 1.807) is 0 Å². The molecule has 0 saturated carbocycles. The summed E-state index contributed by atoms with van der Waals surface area (Å²) in [5.41, 5.74) is 21.5. The van der Waals surface area contributed by atoms with Crippen LogP contribution in [0.15, 0.2) is 4.99 Å². The van der Waals surface area contributed by atoms with Crippen molar-refractivity contribution in [3.8, 4) is 0 Å². The molecule has 15 heteroatoms. The number of nitrogens with one attached hydrogen (secondary N) is 3. The van der Waals surface area contributed by atoms with Gasteiger partial charge in [-0.05, 0) is 31.6 Å². The van der Waals surface area contributed by atoms with Gasteiger partial charge in [0.15, 0.2) is 5.96 Å². The van der Waals surface area contributed by atoms with E-state index >= 15 is 0 Å². The van der Waals surface area contributed by atoms with Crippen molar-refractivity contribution in [2.45, 2.75) is 70.1 Å². The Labute approximate surface area is 203 Å². The molecule has 0 spiro atoms. The van der Waals surface area contributed by atoms with Crippen molar-refractivity contribution in [2.75, 3.05) is 13.2 Å². The van der Waals surface area contributed by atoms with Crippen LogP contribution >= 0.6 is 0 Å². The van der Waals surface area contributed by atoms with Crippen molar-refractivity contribution in [3.05, 3.63) is 0 Å². The highest BCUT2D eigenvalue weighted by molar-refractivity contribution is 5.94. The van der Waals surface area contributed by atoms with E-state index in [0.717, 1.165) is 0 Å². The zero-order valence-electron chi connectivity index (χ0n) is 20.0. The molecule has 0 saturated heterocycles. The molecule has 4 amide bonds. The molecule has 0 fully saturated rings. The zero-order valence-corrected chi connectivity index (χ0v) is 20.0. The lowest BCUT2D eigenvalue weighted by Crippen LogP contribution is -2.57. The molecule has 0 unspecified atom stereocenters. The van der Waals surface area contributed by atoms with Crippen LogP contribution in [-0.2, 0) is 24.0 Å². The second-order valence-electron chi connectivity index (χ2n) is 8.39. The average Bonchev–Trinajstić information content (AvgIpc) is 2.75. The zero-order chi connectivity index (χ0) is 27.1. The van der Waals surface area contributed by atoms with Crippen LogP contribution in [0.5, 0.6) is 0 Å². The van der Waals surface area contributed by atoms with Crippen LogP contribution in [-0.4, -0.2) is 83.1 Å². The Balaban J connectivity index is 5.38. The van der Waals surface area contributed by atoms with Crippen molar-refractivity contribution >= 4 is 35.6 Å². The number of carbonyl (C=O) groups is 5. The minimum absolute atomic E-state index is 0.0344. The van der Waals surface area contributed by atoms with Crippen LogP contribution in [0.1, 0.15) is 46.0 Å². The van der Waals surface area contributed by atoms with E-state index in [2.05, 4.69) is 20.9 Å². The molecule has 35 heavy (non-hydrogen) atoms. The third kappa shape index (κ3) is 13.7. The van der Waals surface area contributed by atoms with Crippen molar-refractivity contribution < 1.29 is 34.2 Å². The summed E-state index contributed by atoms with van der Waals surface area (Å²) in [5, 5.41) is 25.2. The smallest absolute Gasteiger partial charge is 0.328 e. The monoisotopic (exact) mass is 502 g/mol. The fourth-order valence-electron chi connectivity index (χ4n) is 2.92. The Morgan fingerprint density at radius 2 is 1.40 bits per heavy atom. The van der Waals surface area contributed by atoms with Crippen LogP contribution in [0.25, 0.3) is 0 Å². The lowest BCUT2D eigenvalue weighted by molar-refractivity contribution is -0.143. The lowest BCUT2D eigenvalue weighted by atomic mass is 10.0. The summed E-state index contributed by atoms with van der Waals surface area (Å²) in [6.07, 6.45) is 0.379. The van der Waals surface area contributed by atoms with Gasteiger partial charge in [-0.15, -0.1) is 0 Å². The van der Waals surface area contributed by atoms with E-state index in [4.69, 9.17) is 33.1 Å². The topological polar surface area (TPSA) is 278 Å². The maximum absolute atomic E-state index is 12.9. The lowest BCUT2D eigenvalue weighted by Gasteiger charge is -2.25. The number of guanidine groups is 1. The molecule has 0 aromatic carbocycles. The summed E-state index contributed by atoms with van der Waals surface area (Å²) in [6, 6.07) is -4.97. The minimum Gasteiger partial charge on any atom is -0.480 e. The third-order valence-electron chi connectivity index (χ3n) is 4.75. The number of nitrogens with two attached hydrogens (primary N) is 4. The standard InChI is InChI=1S/C20H38N8O7/c1-10(2)8-13(27-16(31)11(21)4-3-7-25-20(23)24)18(33)26-12(5-6-15(22)30)17(32)28-14(9-29)19(34)35/h10-14,29H,3-9,21H2,1-2H3,(H2,22,30)(H,26,33)(H,27,31)(H,28,32)(H,34,35)(H4,23,24,25)/t11-,12-,13-,14-/m0/s1. The number of nitrogens with zero attached hydrogens (tertiary/aromatic N) is 1. The first-order valence-electron chi connectivity index (χ1n) is 11.1. The van der Waals surface area contributed by atoms with Gasteiger partial charge in [-0.1, -0.05) is 13.8 Å². The van der Waals surface area contributed by atoms with Gasteiger partial charge < -0.3 is 49.1 Å². The number of primary amides is 1. The highest BCUT2D eigenvalue weighted by atomic mass is 16.4. The summed E-state index contributed by atoms with van der Waals surface area (Å²) in [5.74, 6) is -4.62. The van der Waals surface area contributed by atoms with Gasteiger partial charge in [0, 0.05) is 13.0 Å². The second kappa shape index (κ2) is 16.2.